The van der Waals surface area contributed by atoms with Crippen LogP contribution in [0, 0.1) is 0 Å². The van der Waals surface area contributed by atoms with E-state index in [1.54, 1.807) is 42.5 Å². The first-order chi connectivity index (χ1) is 24.9. The number of Topliss-reactive ketones (excluding diaryl/α,β-unsaturated/α-hetero) is 2. The Morgan fingerprint density at radius 2 is 1.04 bits per heavy atom. The van der Waals surface area contributed by atoms with Crippen molar-refractivity contribution >= 4 is 69.3 Å². The fraction of sp³-hybridized carbons (Fsp3) is 0.300. The molecule has 0 aliphatic rings. The summed E-state index contributed by atoms with van der Waals surface area (Å²) in [5.41, 5.74) is 7.47. The Morgan fingerprint density at radius 3 is 1.44 bits per heavy atom. The summed E-state index contributed by atoms with van der Waals surface area (Å²) >= 11 is 13.1. The van der Waals surface area contributed by atoms with Crippen LogP contribution >= 0.6 is 23.2 Å². The molecule has 4 rings (SSSR count). The molecule has 12 heteroatoms. The average Bonchev–Trinajstić information content (AvgIpc) is 3.12. The van der Waals surface area contributed by atoms with Crippen molar-refractivity contribution in [1.82, 2.24) is 0 Å². The molecule has 2 atom stereocenters. The highest BCUT2D eigenvalue weighted by Crippen LogP contribution is 2.38. The molecule has 2 amide bonds. The lowest BCUT2D eigenvalue weighted by molar-refractivity contribution is -0.127. The summed E-state index contributed by atoms with van der Waals surface area (Å²) in [6.45, 7) is 10.7. The summed E-state index contributed by atoms with van der Waals surface area (Å²) in [5.74, 6) is -2.09. The van der Waals surface area contributed by atoms with Crippen molar-refractivity contribution in [2.24, 2.45) is 20.5 Å². The van der Waals surface area contributed by atoms with E-state index in [2.05, 4.69) is 38.0 Å². The standard InChI is InChI=1S/C40H42Cl2N6O4/c1-7-25-13-11-15-34(30(25)9-3)43-39(51)36(23(5)49)46-45-29-19-17-27(18-20-29)28-21-32(41)38(33(42)22-28)48-47-37(24(6)50)40(52)44-35-16-12-14-26(8-2)31(35)10-4/h11-22,36-37H,7-10H2,1-6H3,(H,43,51)(H,44,52). The van der Waals surface area contributed by atoms with Crippen molar-refractivity contribution in [1.29, 1.82) is 0 Å². The SMILES string of the molecule is CCc1cccc(NC(=O)C(N=Nc2ccc(-c3cc(Cl)c(N=NC(C(C)=O)C(=O)Nc4cccc(CC)c4CC)c(Cl)c3)cc2)C(C)=O)c1CC. The first-order valence-corrected chi connectivity index (χ1v) is 17.9. The van der Waals surface area contributed by atoms with E-state index >= 15 is 0 Å². The van der Waals surface area contributed by atoms with Gasteiger partial charge in [-0.3, -0.25) is 19.2 Å². The minimum absolute atomic E-state index is 0.111. The van der Waals surface area contributed by atoms with Crippen LogP contribution in [0.3, 0.4) is 0 Å². The molecule has 0 aromatic heterocycles. The molecule has 0 aliphatic carbocycles. The number of halogens is 2. The van der Waals surface area contributed by atoms with Crippen molar-refractivity contribution in [3.63, 3.8) is 0 Å². The van der Waals surface area contributed by atoms with Crippen molar-refractivity contribution in [3.05, 3.63) is 105 Å². The number of aryl methyl sites for hydroxylation is 2. The number of amides is 2. The van der Waals surface area contributed by atoms with E-state index in [0.717, 1.165) is 47.1 Å². The highest BCUT2D eigenvalue weighted by atomic mass is 35.5. The number of ketones is 2. The van der Waals surface area contributed by atoms with Crippen LogP contribution < -0.4 is 10.6 Å². The Kier molecular flexibility index (Phi) is 14.1. The molecule has 2 unspecified atom stereocenters. The summed E-state index contributed by atoms with van der Waals surface area (Å²) in [7, 11) is 0. The Balaban J connectivity index is 1.49. The van der Waals surface area contributed by atoms with E-state index in [4.69, 9.17) is 23.2 Å². The molecule has 10 nitrogen and oxygen atoms in total. The van der Waals surface area contributed by atoms with Crippen LogP contribution in [-0.4, -0.2) is 35.5 Å². The second kappa shape index (κ2) is 18.4. The van der Waals surface area contributed by atoms with Crippen molar-refractivity contribution in [2.45, 2.75) is 79.3 Å². The van der Waals surface area contributed by atoms with Crippen molar-refractivity contribution < 1.29 is 19.2 Å². The van der Waals surface area contributed by atoms with Gasteiger partial charge in [0, 0.05) is 11.4 Å². The number of carbonyl (C=O) groups is 4. The zero-order valence-corrected chi connectivity index (χ0v) is 31.6. The molecule has 2 N–H and O–H groups in total. The third kappa shape index (κ3) is 9.63. The van der Waals surface area contributed by atoms with E-state index in [0.29, 0.717) is 29.0 Å². The molecule has 0 saturated carbocycles. The van der Waals surface area contributed by atoms with Crippen LogP contribution in [0.25, 0.3) is 11.1 Å². The molecule has 0 radical (unpaired) electrons. The van der Waals surface area contributed by atoms with Gasteiger partial charge in [-0.1, -0.05) is 87.3 Å². The van der Waals surface area contributed by atoms with Gasteiger partial charge in [0.15, 0.2) is 11.6 Å². The van der Waals surface area contributed by atoms with Gasteiger partial charge < -0.3 is 10.6 Å². The maximum absolute atomic E-state index is 13.1. The van der Waals surface area contributed by atoms with Gasteiger partial charge in [0.1, 0.15) is 5.69 Å². The zero-order valence-electron chi connectivity index (χ0n) is 30.1. The van der Waals surface area contributed by atoms with Gasteiger partial charge >= 0.3 is 0 Å². The molecule has 0 fully saturated rings. The Morgan fingerprint density at radius 1 is 0.596 bits per heavy atom. The number of rotatable bonds is 15. The third-order valence-corrected chi connectivity index (χ3v) is 9.15. The fourth-order valence-corrected chi connectivity index (χ4v) is 6.39. The van der Waals surface area contributed by atoms with E-state index < -0.39 is 35.5 Å². The van der Waals surface area contributed by atoms with Crippen LogP contribution in [0.5, 0.6) is 0 Å². The number of anilines is 2. The summed E-state index contributed by atoms with van der Waals surface area (Å²) in [4.78, 5) is 51.1. The highest BCUT2D eigenvalue weighted by molar-refractivity contribution is 6.39. The Hall–Kier alpha value is -5.06. The maximum Gasteiger partial charge on any atom is 0.258 e. The van der Waals surface area contributed by atoms with Crippen LogP contribution in [0.1, 0.15) is 63.8 Å². The largest absolute Gasteiger partial charge is 0.323 e. The van der Waals surface area contributed by atoms with Crippen LogP contribution in [0.2, 0.25) is 10.0 Å². The Bertz CT molecular complexity index is 2000. The van der Waals surface area contributed by atoms with Crippen LogP contribution in [0.15, 0.2) is 93.3 Å². The molecule has 0 spiro atoms. The average molecular weight is 742 g/mol. The quantitative estimate of drug-likeness (QED) is 0.0924. The van der Waals surface area contributed by atoms with Crippen molar-refractivity contribution in [2.75, 3.05) is 10.6 Å². The van der Waals surface area contributed by atoms with Gasteiger partial charge in [-0.15, -0.1) is 0 Å². The molecule has 0 bridgehead atoms. The molecule has 4 aromatic carbocycles. The number of hydrogen-bond donors (Lipinski definition) is 2. The molecular formula is C40H42Cl2N6O4. The summed E-state index contributed by atoms with van der Waals surface area (Å²) in [5, 5.41) is 22.4. The molecule has 4 aromatic rings. The molecule has 0 aliphatic heterocycles. The van der Waals surface area contributed by atoms with Gasteiger partial charge in [0.2, 0.25) is 12.1 Å². The minimum atomic E-state index is -1.40. The molecule has 0 saturated heterocycles. The molecule has 52 heavy (non-hydrogen) atoms. The van der Waals surface area contributed by atoms with Crippen LogP contribution in [-0.2, 0) is 44.9 Å². The molecule has 0 heterocycles. The lowest BCUT2D eigenvalue weighted by Gasteiger charge is -2.15. The lowest BCUT2D eigenvalue weighted by Crippen LogP contribution is -2.32. The monoisotopic (exact) mass is 740 g/mol. The molecular weight excluding hydrogens is 699 g/mol. The number of nitrogens with zero attached hydrogens (tertiary/aromatic N) is 4. The lowest BCUT2D eigenvalue weighted by atomic mass is 10.0. The van der Waals surface area contributed by atoms with E-state index in [1.165, 1.54) is 13.8 Å². The van der Waals surface area contributed by atoms with Gasteiger partial charge in [-0.25, -0.2) is 0 Å². The van der Waals surface area contributed by atoms with Gasteiger partial charge in [0.25, 0.3) is 11.8 Å². The van der Waals surface area contributed by atoms with E-state index in [-0.39, 0.29) is 15.7 Å². The summed E-state index contributed by atoms with van der Waals surface area (Å²) in [6, 6.07) is 18.8. The Labute approximate surface area is 314 Å². The number of benzene rings is 4. The first-order valence-electron chi connectivity index (χ1n) is 17.2. The van der Waals surface area contributed by atoms with Gasteiger partial charge in [-0.2, -0.15) is 20.5 Å². The number of carbonyl (C=O) groups excluding carboxylic acids is 4. The predicted molar refractivity (Wildman–Crippen MR) is 208 cm³/mol. The van der Waals surface area contributed by atoms with Gasteiger partial charge in [0.05, 0.1) is 15.7 Å². The second-order valence-corrected chi connectivity index (χ2v) is 12.9. The second-order valence-electron chi connectivity index (χ2n) is 12.1. The van der Waals surface area contributed by atoms with E-state index in [9.17, 15) is 19.2 Å². The minimum Gasteiger partial charge on any atom is -0.323 e. The fourth-order valence-electron chi connectivity index (χ4n) is 5.83. The zero-order chi connectivity index (χ0) is 37.9. The molecule has 270 valence electrons. The normalized spacial score (nSPS) is 12.5. The number of nitrogens with one attached hydrogen (secondary N) is 2. The topological polar surface area (TPSA) is 142 Å². The van der Waals surface area contributed by atoms with Gasteiger partial charge in [-0.05, 0) is 109 Å². The highest BCUT2D eigenvalue weighted by Gasteiger charge is 2.26. The summed E-state index contributed by atoms with van der Waals surface area (Å²) in [6.07, 6.45) is 3.07. The number of azo groups is 2. The third-order valence-electron chi connectivity index (χ3n) is 8.58. The van der Waals surface area contributed by atoms with Crippen LogP contribution in [0.4, 0.5) is 22.7 Å². The maximum atomic E-state index is 13.1. The van der Waals surface area contributed by atoms with Crippen molar-refractivity contribution in [3.8, 4) is 11.1 Å². The smallest absolute Gasteiger partial charge is 0.258 e. The number of hydrogen-bond acceptors (Lipinski definition) is 8. The summed E-state index contributed by atoms with van der Waals surface area (Å²) < 4.78 is 0. The van der Waals surface area contributed by atoms with E-state index in [1.807, 2.05) is 51.1 Å². The predicted octanol–water partition coefficient (Wildman–Crippen LogP) is 10.3. The first kappa shape index (κ1) is 39.7.